The lowest BCUT2D eigenvalue weighted by atomic mass is 10.1. The van der Waals surface area contributed by atoms with E-state index >= 15 is 0 Å². The first-order valence-electron chi connectivity index (χ1n) is 6.03. The SMILES string of the molecule is Cc1nc(COc2ccc(CCN)cc2)sc1C. The van der Waals surface area contributed by atoms with E-state index in [2.05, 4.69) is 24.0 Å². The van der Waals surface area contributed by atoms with Crippen molar-refractivity contribution in [3.63, 3.8) is 0 Å². The Hall–Kier alpha value is -1.39. The van der Waals surface area contributed by atoms with Crippen LogP contribution in [0.5, 0.6) is 5.75 Å². The molecule has 0 aliphatic heterocycles. The summed E-state index contributed by atoms with van der Waals surface area (Å²) in [7, 11) is 0. The van der Waals surface area contributed by atoms with Crippen LogP contribution in [0.3, 0.4) is 0 Å². The van der Waals surface area contributed by atoms with E-state index in [1.807, 2.05) is 19.1 Å². The molecule has 0 saturated carbocycles. The van der Waals surface area contributed by atoms with Gasteiger partial charge in [0, 0.05) is 4.88 Å². The Morgan fingerprint density at radius 2 is 1.94 bits per heavy atom. The van der Waals surface area contributed by atoms with Gasteiger partial charge in [-0.3, -0.25) is 0 Å². The third-order valence-electron chi connectivity index (χ3n) is 2.79. The highest BCUT2D eigenvalue weighted by Crippen LogP contribution is 2.19. The third-order valence-corrected chi connectivity index (χ3v) is 3.84. The van der Waals surface area contributed by atoms with Crippen molar-refractivity contribution in [3.8, 4) is 5.75 Å². The molecule has 18 heavy (non-hydrogen) atoms. The van der Waals surface area contributed by atoms with E-state index in [1.165, 1.54) is 10.4 Å². The molecule has 0 unspecified atom stereocenters. The lowest BCUT2D eigenvalue weighted by Crippen LogP contribution is -2.02. The Bertz CT molecular complexity index is 486. The number of aromatic nitrogens is 1. The number of hydrogen-bond donors (Lipinski definition) is 1. The zero-order valence-electron chi connectivity index (χ0n) is 10.8. The summed E-state index contributed by atoms with van der Waals surface area (Å²) in [6, 6.07) is 8.08. The van der Waals surface area contributed by atoms with Gasteiger partial charge >= 0.3 is 0 Å². The lowest BCUT2D eigenvalue weighted by Gasteiger charge is -2.05. The molecule has 0 amide bonds. The molecule has 2 N–H and O–H groups in total. The molecule has 0 saturated heterocycles. The summed E-state index contributed by atoms with van der Waals surface area (Å²) in [6.07, 6.45) is 0.908. The summed E-state index contributed by atoms with van der Waals surface area (Å²) in [4.78, 5) is 5.71. The summed E-state index contributed by atoms with van der Waals surface area (Å²) in [5, 5.41) is 1.02. The minimum absolute atomic E-state index is 0.537. The molecule has 1 heterocycles. The lowest BCUT2D eigenvalue weighted by molar-refractivity contribution is 0.305. The Morgan fingerprint density at radius 1 is 1.22 bits per heavy atom. The zero-order valence-corrected chi connectivity index (χ0v) is 11.6. The number of benzene rings is 1. The predicted octanol–water partition coefficient (Wildman–Crippen LogP) is 2.84. The molecule has 0 atom stereocenters. The van der Waals surface area contributed by atoms with Gasteiger partial charge in [0.25, 0.3) is 0 Å². The molecule has 96 valence electrons. The summed E-state index contributed by atoms with van der Waals surface area (Å²) in [5.74, 6) is 0.876. The molecule has 0 spiro atoms. The second-order valence-corrected chi connectivity index (χ2v) is 5.51. The van der Waals surface area contributed by atoms with E-state index in [9.17, 15) is 0 Å². The van der Waals surface area contributed by atoms with Gasteiger partial charge in [-0.05, 0) is 44.5 Å². The minimum atomic E-state index is 0.537. The monoisotopic (exact) mass is 262 g/mol. The highest BCUT2D eigenvalue weighted by molar-refractivity contribution is 7.11. The number of thiazole rings is 1. The molecule has 2 aromatic rings. The quantitative estimate of drug-likeness (QED) is 0.901. The van der Waals surface area contributed by atoms with Crippen molar-refractivity contribution < 1.29 is 4.74 Å². The second kappa shape index (κ2) is 5.98. The van der Waals surface area contributed by atoms with Crippen molar-refractivity contribution in [3.05, 3.63) is 45.4 Å². The molecule has 0 bridgehead atoms. The van der Waals surface area contributed by atoms with Crippen molar-refractivity contribution in [2.45, 2.75) is 26.9 Å². The van der Waals surface area contributed by atoms with Crippen molar-refractivity contribution in [2.75, 3.05) is 6.54 Å². The van der Waals surface area contributed by atoms with Crippen LogP contribution in [0.1, 0.15) is 21.1 Å². The van der Waals surface area contributed by atoms with E-state index in [1.54, 1.807) is 11.3 Å². The fourth-order valence-corrected chi connectivity index (χ4v) is 2.51. The second-order valence-electron chi connectivity index (χ2n) is 4.22. The largest absolute Gasteiger partial charge is 0.486 e. The number of rotatable bonds is 5. The molecule has 3 nitrogen and oxygen atoms in total. The van der Waals surface area contributed by atoms with Crippen LogP contribution in [0, 0.1) is 13.8 Å². The molecule has 0 radical (unpaired) electrons. The summed E-state index contributed by atoms with van der Waals surface area (Å²) in [6.45, 7) is 5.32. The van der Waals surface area contributed by atoms with E-state index in [4.69, 9.17) is 10.5 Å². The van der Waals surface area contributed by atoms with Gasteiger partial charge in [-0.25, -0.2) is 4.98 Å². The fraction of sp³-hybridized carbons (Fsp3) is 0.357. The van der Waals surface area contributed by atoms with Crippen molar-refractivity contribution in [1.82, 2.24) is 4.98 Å². The van der Waals surface area contributed by atoms with Crippen molar-refractivity contribution >= 4 is 11.3 Å². The molecular weight excluding hydrogens is 244 g/mol. The highest BCUT2D eigenvalue weighted by atomic mass is 32.1. The summed E-state index contributed by atoms with van der Waals surface area (Å²) in [5.41, 5.74) is 7.85. The maximum atomic E-state index is 5.71. The first-order valence-corrected chi connectivity index (χ1v) is 6.85. The average Bonchev–Trinajstić information content (AvgIpc) is 2.68. The van der Waals surface area contributed by atoms with Gasteiger partial charge in [0.1, 0.15) is 17.4 Å². The van der Waals surface area contributed by atoms with Crippen LogP contribution in [0.2, 0.25) is 0 Å². The number of nitrogens with two attached hydrogens (primary N) is 1. The Balaban J connectivity index is 1.93. The number of hydrogen-bond acceptors (Lipinski definition) is 4. The van der Waals surface area contributed by atoms with E-state index < -0.39 is 0 Å². The molecule has 0 aliphatic rings. The fourth-order valence-electron chi connectivity index (χ4n) is 1.66. The van der Waals surface area contributed by atoms with Crippen LogP contribution in [0.4, 0.5) is 0 Å². The zero-order chi connectivity index (χ0) is 13.0. The van der Waals surface area contributed by atoms with E-state index in [0.717, 1.165) is 22.9 Å². The summed E-state index contributed by atoms with van der Waals surface area (Å²) >= 11 is 1.69. The van der Waals surface area contributed by atoms with Gasteiger partial charge in [-0.2, -0.15) is 0 Å². The van der Waals surface area contributed by atoms with Gasteiger partial charge in [0.05, 0.1) is 5.69 Å². The first-order chi connectivity index (χ1) is 8.69. The van der Waals surface area contributed by atoms with Crippen LogP contribution in [0.25, 0.3) is 0 Å². The van der Waals surface area contributed by atoms with Crippen LogP contribution >= 0.6 is 11.3 Å². The highest BCUT2D eigenvalue weighted by Gasteiger charge is 2.04. The van der Waals surface area contributed by atoms with Crippen LogP contribution in [-0.2, 0) is 13.0 Å². The number of aryl methyl sites for hydroxylation is 2. The van der Waals surface area contributed by atoms with Gasteiger partial charge in [-0.15, -0.1) is 11.3 Å². The Kier molecular flexibility index (Phi) is 4.33. The number of ether oxygens (including phenoxy) is 1. The van der Waals surface area contributed by atoms with E-state index in [-0.39, 0.29) is 0 Å². The van der Waals surface area contributed by atoms with Gasteiger partial charge < -0.3 is 10.5 Å². The molecule has 0 fully saturated rings. The van der Waals surface area contributed by atoms with Crippen LogP contribution < -0.4 is 10.5 Å². The van der Waals surface area contributed by atoms with Crippen molar-refractivity contribution in [2.24, 2.45) is 5.73 Å². The molecule has 0 aliphatic carbocycles. The predicted molar refractivity (Wildman–Crippen MR) is 75.1 cm³/mol. The Labute approximate surface area is 112 Å². The normalized spacial score (nSPS) is 10.6. The topological polar surface area (TPSA) is 48.1 Å². The maximum absolute atomic E-state index is 5.71. The molecular formula is C14H18N2OS. The maximum Gasteiger partial charge on any atom is 0.140 e. The van der Waals surface area contributed by atoms with Crippen LogP contribution in [0.15, 0.2) is 24.3 Å². The third kappa shape index (κ3) is 3.31. The van der Waals surface area contributed by atoms with Crippen LogP contribution in [-0.4, -0.2) is 11.5 Å². The minimum Gasteiger partial charge on any atom is -0.486 e. The first kappa shape index (κ1) is 13.1. The average molecular weight is 262 g/mol. The molecule has 1 aromatic carbocycles. The molecule has 2 rings (SSSR count). The smallest absolute Gasteiger partial charge is 0.140 e. The molecule has 1 aromatic heterocycles. The van der Waals surface area contributed by atoms with E-state index in [0.29, 0.717) is 13.2 Å². The van der Waals surface area contributed by atoms with Gasteiger partial charge in [0.2, 0.25) is 0 Å². The molecule has 4 heteroatoms. The summed E-state index contributed by atoms with van der Waals surface area (Å²) < 4.78 is 5.71. The van der Waals surface area contributed by atoms with Gasteiger partial charge in [-0.1, -0.05) is 12.1 Å². The Morgan fingerprint density at radius 3 is 2.50 bits per heavy atom. The standard InChI is InChI=1S/C14H18N2OS/c1-10-11(2)18-14(16-10)9-17-13-5-3-12(4-6-13)7-8-15/h3-6H,7-9,15H2,1-2H3. The van der Waals surface area contributed by atoms with Gasteiger partial charge in [0.15, 0.2) is 0 Å². The van der Waals surface area contributed by atoms with Crippen molar-refractivity contribution in [1.29, 1.82) is 0 Å². The number of nitrogens with zero attached hydrogens (tertiary/aromatic N) is 1.